The topological polar surface area (TPSA) is 76.0 Å². The van der Waals surface area contributed by atoms with Gasteiger partial charge in [-0.25, -0.2) is 4.98 Å². The van der Waals surface area contributed by atoms with Crippen LogP contribution in [0.3, 0.4) is 0 Å². The van der Waals surface area contributed by atoms with Gasteiger partial charge in [-0.2, -0.15) is 0 Å². The standard InChI is InChI=1S/C9H6BrN3O2/c10-5-2-1-3-6-9(5)13-12-7(11-6)4-8(14)15/h1-3H,4H2,(H,14,15). The summed E-state index contributed by atoms with van der Waals surface area (Å²) in [7, 11) is 0. The Hall–Kier alpha value is -1.56. The van der Waals surface area contributed by atoms with E-state index in [1.54, 1.807) is 6.07 Å². The Morgan fingerprint density at radius 1 is 1.40 bits per heavy atom. The molecule has 0 bridgehead atoms. The summed E-state index contributed by atoms with van der Waals surface area (Å²) in [5.41, 5.74) is 1.27. The molecule has 0 aliphatic carbocycles. The number of fused-ring (bicyclic) bond motifs is 1. The van der Waals surface area contributed by atoms with Crippen molar-refractivity contribution < 1.29 is 9.90 Å². The molecule has 2 aromatic rings. The fourth-order valence-electron chi connectivity index (χ4n) is 1.17. The van der Waals surface area contributed by atoms with Crippen LogP contribution in [0.25, 0.3) is 11.0 Å². The number of carboxylic acid groups (broad SMARTS) is 1. The predicted octanol–water partition coefficient (Wildman–Crippen LogP) is 1.41. The van der Waals surface area contributed by atoms with Crippen LogP contribution in [0, 0.1) is 0 Å². The Morgan fingerprint density at radius 3 is 2.93 bits per heavy atom. The number of nitrogens with zero attached hydrogens (tertiary/aromatic N) is 3. The van der Waals surface area contributed by atoms with Gasteiger partial charge < -0.3 is 5.11 Å². The van der Waals surface area contributed by atoms with Crippen molar-refractivity contribution in [3.05, 3.63) is 28.5 Å². The summed E-state index contributed by atoms with van der Waals surface area (Å²) in [5, 5.41) is 16.2. The molecule has 0 unspecified atom stereocenters. The van der Waals surface area contributed by atoms with Gasteiger partial charge in [-0.3, -0.25) is 4.79 Å². The molecule has 76 valence electrons. The van der Waals surface area contributed by atoms with Gasteiger partial charge in [-0.15, -0.1) is 10.2 Å². The lowest BCUT2D eigenvalue weighted by Gasteiger charge is -1.99. The number of hydrogen-bond donors (Lipinski definition) is 1. The zero-order valence-electron chi connectivity index (χ0n) is 7.51. The maximum Gasteiger partial charge on any atom is 0.311 e. The monoisotopic (exact) mass is 267 g/mol. The molecule has 15 heavy (non-hydrogen) atoms. The van der Waals surface area contributed by atoms with E-state index in [1.165, 1.54) is 0 Å². The third kappa shape index (κ3) is 2.10. The third-order valence-electron chi connectivity index (χ3n) is 1.79. The molecular formula is C9H6BrN3O2. The zero-order chi connectivity index (χ0) is 10.8. The Labute approximate surface area is 93.3 Å². The lowest BCUT2D eigenvalue weighted by Crippen LogP contribution is -2.06. The van der Waals surface area contributed by atoms with Crippen molar-refractivity contribution in [1.29, 1.82) is 0 Å². The van der Waals surface area contributed by atoms with Crippen LogP contribution in [0.5, 0.6) is 0 Å². The number of aliphatic carboxylic acids is 1. The maximum atomic E-state index is 10.5. The van der Waals surface area contributed by atoms with Gasteiger partial charge in [0.1, 0.15) is 11.9 Å². The quantitative estimate of drug-likeness (QED) is 0.891. The lowest BCUT2D eigenvalue weighted by atomic mass is 10.3. The van der Waals surface area contributed by atoms with E-state index in [4.69, 9.17) is 5.11 Å². The van der Waals surface area contributed by atoms with Gasteiger partial charge in [-0.1, -0.05) is 6.07 Å². The number of benzene rings is 1. The van der Waals surface area contributed by atoms with Crippen molar-refractivity contribution in [1.82, 2.24) is 15.2 Å². The molecule has 0 aliphatic heterocycles. The molecule has 2 rings (SSSR count). The number of aromatic nitrogens is 3. The molecule has 6 heteroatoms. The van der Waals surface area contributed by atoms with Gasteiger partial charge in [-0.05, 0) is 28.1 Å². The second kappa shape index (κ2) is 3.90. The normalized spacial score (nSPS) is 10.5. The van der Waals surface area contributed by atoms with Crippen molar-refractivity contribution in [2.45, 2.75) is 6.42 Å². The summed E-state index contributed by atoms with van der Waals surface area (Å²) in [6.45, 7) is 0. The molecule has 1 aromatic heterocycles. The highest BCUT2D eigenvalue weighted by Crippen LogP contribution is 2.19. The van der Waals surface area contributed by atoms with E-state index in [1.807, 2.05) is 12.1 Å². The maximum absolute atomic E-state index is 10.5. The average Bonchev–Trinajstić information content (AvgIpc) is 2.17. The molecule has 0 atom stereocenters. The second-order valence-corrected chi connectivity index (χ2v) is 3.76. The molecule has 0 amide bonds. The van der Waals surface area contributed by atoms with E-state index in [-0.39, 0.29) is 12.2 Å². The number of halogens is 1. The average molecular weight is 268 g/mol. The fraction of sp³-hybridized carbons (Fsp3) is 0.111. The van der Waals surface area contributed by atoms with Crippen LogP contribution in [0.1, 0.15) is 5.82 Å². The summed E-state index contributed by atoms with van der Waals surface area (Å²) < 4.78 is 0.793. The smallest absolute Gasteiger partial charge is 0.311 e. The minimum absolute atomic E-state index is 0.213. The number of carboxylic acids is 1. The van der Waals surface area contributed by atoms with Crippen molar-refractivity contribution in [2.75, 3.05) is 0 Å². The first-order chi connectivity index (χ1) is 7.16. The molecule has 0 saturated heterocycles. The van der Waals surface area contributed by atoms with E-state index in [2.05, 4.69) is 31.1 Å². The summed E-state index contributed by atoms with van der Waals surface area (Å²) in [6.07, 6.45) is -0.213. The molecule has 0 fully saturated rings. The molecular weight excluding hydrogens is 262 g/mol. The Kier molecular flexibility index (Phi) is 2.59. The summed E-state index contributed by atoms with van der Waals surface area (Å²) in [4.78, 5) is 14.5. The Bertz CT molecular complexity index is 530. The SMILES string of the molecule is O=C(O)Cc1nnc2c(Br)cccc2n1. The van der Waals surface area contributed by atoms with E-state index in [0.717, 1.165) is 4.47 Å². The van der Waals surface area contributed by atoms with Crippen molar-refractivity contribution in [3.8, 4) is 0 Å². The van der Waals surface area contributed by atoms with Crippen LogP contribution >= 0.6 is 15.9 Å². The minimum atomic E-state index is -0.967. The minimum Gasteiger partial charge on any atom is -0.481 e. The lowest BCUT2D eigenvalue weighted by molar-refractivity contribution is -0.136. The van der Waals surface area contributed by atoms with Gasteiger partial charge in [0.15, 0.2) is 5.82 Å². The first-order valence-corrected chi connectivity index (χ1v) is 4.96. The fourth-order valence-corrected chi connectivity index (χ4v) is 1.61. The Balaban J connectivity index is 2.52. The van der Waals surface area contributed by atoms with Crippen molar-refractivity contribution in [3.63, 3.8) is 0 Å². The summed E-state index contributed by atoms with van der Waals surface area (Å²) in [5.74, 6) is -0.751. The van der Waals surface area contributed by atoms with Gasteiger partial charge in [0.2, 0.25) is 0 Å². The van der Waals surface area contributed by atoms with E-state index in [0.29, 0.717) is 11.0 Å². The van der Waals surface area contributed by atoms with Crippen LogP contribution in [-0.4, -0.2) is 26.3 Å². The summed E-state index contributed by atoms with van der Waals surface area (Å²) >= 11 is 3.31. The number of hydrogen-bond acceptors (Lipinski definition) is 4. The van der Waals surface area contributed by atoms with Gasteiger partial charge in [0.05, 0.1) is 5.52 Å². The first kappa shape index (κ1) is 9.97. The summed E-state index contributed by atoms with van der Waals surface area (Å²) in [6, 6.07) is 5.40. The zero-order valence-corrected chi connectivity index (χ0v) is 9.10. The van der Waals surface area contributed by atoms with Crippen molar-refractivity contribution >= 4 is 32.9 Å². The van der Waals surface area contributed by atoms with Crippen molar-refractivity contribution in [2.24, 2.45) is 0 Å². The molecule has 5 nitrogen and oxygen atoms in total. The largest absolute Gasteiger partial charge is 0.481 e. The first-order valence-electron chi connectivity index (χ1n) is 4.16. The van der Waals surface area contributed by atoms with Gasteiger partial charge >= 0.3 is 5.97 Å². The van der Waals surface area contributed by atoms with E-state index in [9.17, 15) is 4.79 Å². The Morgan fingerprint density at radius 2 is 2.20 bits per heavy atom. The number of rotatable bonds is 2. The molecule has 1 heterocycles. The van der Waals surface area contributed by atoms with Gasteiger partial charge in [0.25, 0.3) is 0 Å². The molecule has 0 aliphatic rings. The van der Waals surface area contributed by atoms with Crippen LogP contribution in [0.2, 0.25) is 0 Å². The van der Waals surface area contributed by atoms with E-state index >= 15 is 0 Å². The van der Waals surface area contributed by atoms with Gasteiger partial charge in [0, 0.05) is 4.47 Å². The number of carbonyl (C=O) groups is 1. The highest BCUT2D eigenvalue weighted by molar-refractivity contribution is 9.10. The third-order valence-corrected chi connectivity index (χ3v) is 2.43. The second-order valence-electron chi connectivity index (χ2n) is 2.91. The molecule has 0 saturated carbocycles. The molecule has 0 radical (unpaired) electrons. The molecule has 1 N–H and O–H groups in total. The van der Waals surface area contributed by atoms with Crippen LogP contribution < -0.4 is 0 Å². The molecule has 0 spiro atoms. The highest BCUT2D eigenvalue weighted by atomic mass is 79.9. The predicted molar refractivity (Wildman–Crippen MR) is 56.4 cm³/mol. The van der Waals surface area contributed by atoms with Crippen LogP contribution in [0.4, 0.5) is 0 Å². The highest BCUT2D eigenvalue weighted by Gasteiger charge is 2.07. The van der Waals surface area contributed by atoms with Crippen LogP contribution in [-0.2, 0) is 11.2 Å². The van der Waals surface area contributed by atoms with E-state index < -0.39 is 5.97 Å². The molecule has 1 aromatic carbocycles. The van der Waals surface area contributed by atoms with Crippen LogP contribution in [0.15, 0.2) is 22.7 Å².